The van der Waals surface area contributed by atoms with Crippen molar-refractivity contribution in [2.75, 3.05) is 13.1 Å². The van der Waals surface area contributed by atoms with Gasteiger partial charge in [-0.1, -0.05) is 23.3 Å². The largest absolute Gasteiger partial charge is 0.519 e. The van der Waals surface area contributed by atoms with Gasteiger partial charge in [0.1, 0.15) is 16.8 Å². The Kier molecular flexibility index (Phi) is 9.20. The predicted molar refractivity (Wildman–Crippen MR) is 195 cm³/mol. The van der Waals surface area contributed by atoms with Crippen molar-refractivity contribution < 1.29 is 41.6 Å². The van der Waals surface area contributed by atoms with Crippen molar-refractivity contribution >= 4 is 40.2 Å². The fourth-order valence-electron chi connectivity index (χ4n) is 5.45. The van der Waals surface area contributed by atoms with E-state index in [4.69, 9.17) is 22.4 Å². The summed E-state index contributed by atoms with van der Waals surface area (Å²) in [5.74, 6) is 0. The van der Waals surface area contributed by atoms with Gasteiger partial charge in [0.2, 0.25) is 0 Å². The molecule has 50 heavy (non-hydrogen) atoms. The van der Waals surface area contributed by atoms with E-state index in [1.165, 1.54) is 11.3 Å². The van der Waals surface area contributed by atoms with E-state index in [2.05, 4.69) is 20.0 Å². The van der Waals surface area contributed by atoms with E-state index in [0.29, 0.717) is 30.6 Å². The third-order valence-electron chi connectivity index (χ3n) is 7.42. The summed E-state index contributed by atoms with van der Waals surface area (Å²) in [7, 11) is 0. The number of carbonyl (C=O) groups is 3. The zero-order valence-corrected chi connectivity index (χ0v) is 30.5. The third-order valence-corrected chi connectivity index (χ3v) is 7.42. The zero-order valence-electron chi connectivity index (χ0n) is 36.5. The minimum Gasteiger partial charge on any atom is -0.444 e. The molecule has 6 rings (SSSR count). The van der Waals surface area contributed by atoms with Crippen molar-refractivity contribution in [1.82, 2.24) is 20.2 Å². The van der Waals surface area contributed by atoms with Gasteiger partial charge in [-0.15, -0.1) is 0 Å². The maximum absolute atomic E-state index is 12.3. The number of aryl methyl sites for hydroxylation is 2. The number of carbonyl (C=O) groups excluding carboxylic acids is 3. The number of hydrogen-bond acceptors (Lipinski definition) is 8. The summed E-state index contributed by atoms with van der Waals surface area (Å²) >= 11 is 0. The smallest absolute Gasteiger partial charge is 0.444 e. The van der Waals surface area contributed by atoms with Crippen LogP contribution in [-0.2, 0) is 44.9 Å². The van der Waals surface area contributed by atoms with Crippen molar-refractivity contribution in [3.05, 3.63) is 70.0 Å². The summed E-state index contributed by atoms with van der Waals surface area (Å²) < 4.78 is 64.4. The van der Waals surface area contributed by atoms with Crippen LogP contribution in [-0.4, -0.2) is 63.2 Å². The van der Waals surface area contributed by atoms with Gasteiger partial charge >= 0.3 is 18.4 Å². The van der Waals surface area contributed by atoms with Gasteiger partial charge < -0.3 is 39.1 Å². The number of hydrogen-bond donors (Lipinski definition) is 3. The van der Waals surface area contributed by atoms with E-state index >= 15 is 0 Å². The average Bonchev–Trinajstić information content (AvgIpc) is 3.59. The quantitative estimate of drug-likeness (QED) is 0.0944. The Morgan fingerprint density at radius 1 is 0.700 bits per heavy atom. The fourth-order valence-corrected chi connectivity index (χ4v) is 5.45. The zero-order chi connectivity index (χ0) is 42.0. The molecule has 0 saturated carbocycles. The van der Waals surface area contributed by atoms with Crippen molar-refractivity contribution in [3.8, 4) is 0 Å². The Labute approximate surface area is 303 Å². The lowest BCUT2D eigenvalue weighted by molar-refractivity contribution is -0.0294. The molecule has 2 aromatic heterocycles. The molecule has 0 radical (unpaired) electrons. The fraction of sp³-hybridized carbons (Fsp3) is 0.513. The van der Waals surface area contributed by atoms with Gasteiger partial charge in [0.15, 0.2) is 0 Å². The maximum atomic E-state index is 12.3. The normalized spacial score (nSPS) is 16.6. The Hall–Kier alpha value is -4.51. The van der Waals surface area contributed by atoms with Gasteiger partial charge in [-0.05, 0) is 106 Å². The topological polar surface area (TPSA) is 135 Å². The summed E-state index contributed by atoms with van der Waals surface area (Å²) in [6.07, 6.45) is -0.776. The first-order valence-corrected chi connectivity index (χ1v) is 16.7. The summed E-state index contributed by atoms with van der Waals surface area (Å²) in [6, 6.07) is 10.5. The molecular weight excluding hydrogens is 636 g/mol. The molecule has 0 bridgehead atoms. The summed E-state index contributed by atoms with van der Waals surface area (Å²) in [5, 5.41) is 5.23. The third kappa shape index (κ3) is 11.0. The lowest BCUT2D eigenvalue weighted by atomic mass is 10.0. The molecule has 4 heterocycles. The van der Waals surface area contributed by atoms with Crippen LogP contribution in [0.4, 0.5) is 14.4 Å². The number of nitrogens with zero attached hydrogens (tertiary/aromatic N) is 1. The second kappa shape index (κ2) is 15.2. The molecule has 4 aromatic rings. The standard InChI is InChI=1S/C17H22N2O2.C12H14N2.C10H18O5/c1-11-5-6-14-12(9-11)13-10-19(8-7-15(13)18-14)16(20)21-17(2,3)4;1-8-2-3-11-9(6-8)10-7-13-5-4-12(10)14-11;1-9(2,3)14-7(11)13-8(12)15-10(4,5)6/h5-6,9,18H,7-8,10H2,1-4H3;2-3,6,13-14H,4-5,7H2,1H3;1-6H3/i2*1D3;. The van der Waals surface area contributed by atoms with Gasteiger partial charge in [-0.3, -0.25) is 0 Å². The van der Waals surface area contributed by atoms with Gasteiger partial charge in [0.05, 0.1) is 6.54 Å². The minimum absolute atomic E-state index is 0.311. The number of benzene rings is 2. The number of ether oxygens (including phenoxy) is 4. The Morgan fingerprint density at radius 3 is 1.70 bits per heavy atom. The van der Waals surface area contributed by atoms with E-state index in [0.717, 1.165) is 52.6 Å². The molecule has 0 atom stereocenters. The minimum atomic E-state index is -2.14. The Balaban J connectivity index is 0.000000194. The maximum Gasteiger partial charge on any atom is 0.519 e. The highest BCUT2D eigenvalue weighted by atomic mass is 16.8. The van der Waals surface area contributed by atoms with Gasteiger partial charge in [0.25, 0.3) is 0 Å². The van der Waals surface area contributed by atoms with Crippen LogP contribution in [0.15, 0.2) is 36.4 Å². The first-order chi connectivity index (χ1) is 25.6. The van der Waals surface area contributed by atoms with Gasteiger partial charge in [0, 0.05) is 79.5 Å². The van der Waals surface area contributed by atoms with Crippen molar-refractivity contribution in [3.63, 3.8) is 0 Å². The second-order valence-corrected chi connectivity index (χ2v) is 15.3. The number of aromatic nitrogens is 2. The van der Waals surface area contributed by atoms with Gasteiger partial charge in [-0.25, -0.2) is 14.4 Å². The molecule has 2 aliphatic rings. The molecule has 0 aliphatic carbocycles. The van der Waals surface area contributed by atoms with Crippen LogP contribution in [0.1, 0.15) is 104 Å². The Morgan fingerprint density at radius 2 is 1.20 bits per heavy atom. The number of fused-ring (bicyclic) bond motifs is 6. The monoisotopic (exact) mass is 696 g/mol. The van der Waals surface area contributed by atoms with Crippen LogP contribution in [0, 0.1) is 13.7 Å². The first kappa shape index (κ1) is 30.3. The molecule has 11 heteroatoms. The first-order valence-electron chi connectivity index (χ1n) is 19.7. The van der Waals surface area contributed by atoms with E-state index in [1.54, 1.807) is 76.8 Å². The second-order valence-electron chi connectivity index (χ2n) is 15.3. The molecule has 11 nitrogen and oxygen atoms in total. The summed E-state index contributed by atoms with van der Waals surface area (Å²) in [5.41, 5.74) is 5.23. The molecular formula is C39H54N4O7. The number of amides is 1. The van der Waals surface area contributed by atoms with Crippen molar-refractivity contribution in [2.24, 2.45) is 0 Å². The van der Waals surface area contributed by atoms with Crippen LogP contribution in [0.5, 0.6) is 0 Å². The lowest BCUT2D eigenvalue weighted by Crippen LogP contribution is -2.39. The summed E-state index contributed by atoms with van der Waals surface area (Å²) in [6.45, 7) is 14.2. The highest BCUT2D eigenvalue weighted by Gasteiger charge is 2.28. The van der Waals surface area contributed by atoms with E-state index < -0.39 is 42.8 Å². The highest BCUT2D eigenvalue weighted by Crippen LogP contribution is 2.29. The molecule has 0 saturated heterocycles. The van der Waals surface area contributed by atoms with Crippen molar-refractivity contribution in [1.29, 1.82) is 0 Å². The molecule has 0 spiro atoms. The molecule has 0 unspecified atom stereocenters. The Bertz CT molecular complexity index is 2020. The molecule has 0 fully saturated rings. The highest BCUT2D eigenvalue weighted by molar-refractivity contribution is 5.87. The van der Waals surface area contributed by atoms with Gasteiger partial charge in [-0.2, -0.15) is 0 Å². The number of H-pyrrole nitrogens is 2. The SMILES string of the molecule is CC(C)(C)OC(=O)OC(=O)OC(C)(C)C.[2H]C([2H])([2H])c1ccc2[nH]c3c(c2c1)CN(C(=O)OC(C)(C)C)CC3.[2H]C([2H])([2H])c1ccc2[nH]c3c(c2c1)CNCC3. The summed E-state index contributed by atoms with van der Waals surface area (Å²) in [4.78, 5) is 42.7. The van der Waals surface area contributed by atoms with Crippen LogP contribution < -0.4 is 5.32 Å². The average molecular weight is 697 g/mol. The molecule has 2 aliphatic heterocycles. The van der Waals surface area contributed by atoms with E-state index in [9.17, 15) is 14.4 Å². The lowest BCUT2D eigenvalue weighted by Gasteiger charge is -2.30. The van der Waals surface area contributed by atoms with Crippen molar-refractivity contribution in [2.45, 2.75) is 119 Å². The molecule has 1 amide bonds. The molecule has 272 valence electrons. The number of rotatable bonds is 0. The van der Waals surface area contributed by atoms with E-state index in [1.807, 2.05) is 26.8 Å². The van der Waals surface area contributed by atoms with Crippen LogP contribution in [0.3, 0.4) is 0 Å². The van der Waals surface area contributed by atoms with E-state index in [-0.39, 0.29) is 6.09 Å². The molecule has 3 N–H and O–H groups in total. The molecule has 2 aromatic carbocycles. The van der Waals surface area contributed by atoms with Crippen LogP contribution in [0.25, 0.3) is 21.8 Å². The number of nitrogens with one attached hydrogen (secondary N) is 3. The predicted octanol–water partition coefficient (Wildman–Crippen LogP) is 8.76. The van der Waals surface area contributed by atoms with Crippen LogP contribution in [0.2, 0.25) is 0 Å². The van der Waals surface area contributed by atoms with Crippen LogP contribution >= 0.6 is 0 Å². The number of aromatic amines is 2.